The van der Waals surface area contributed by atoms with E-state index in [0.29, 0.717) is 24.3 Å². The maximum atomic E-state index is 12.9. The largest absolute Gasteiger partial charge is 0.348 e. The van der Waals surface area contributed by atoms with E-state index in [1.165, 1.54) is 0 Å². The van der Waals surface area contributed by atoms with Gasteiger partial charge >= 0.3 is 0 Å². The van der Waals surface area contributed by atoms with Gasteiger partial charge in [-0.3, -0.25) is 14.4 Å². The second-order valence-corrected chi connectivity index (χ2v) is 7.44. The van der Waals surface area contributed by atoms with Crippen molar-refractivity contribution in [2.45, 2.75) is 13.0 Å². The van der Waals surface area contributed by atoms with Crippen molar-refractivity contribution in [3.05, 3.63) is 96.1 Å². The van der Waals surface area contributed by atoms with E-state index in [9.17, 15) is 14.4 Å². The van der Waals surface area contributed by atoms with E-state index >= 15 is 0 Å². The van der Waals surface area contributed by atoms with Crippen molar-refractivity contribution in [3.8, 4) is 0 Å². The van der Waals surface area contributed by atoms with Crippen molar-refractivity contribution in [1.82, 2.24) is 5.32 Å². The van der Waals surface area contributed by atoms with Crippen molar-refractivity contribution in [1.29, 1.82) is 0 Å². The van der Waals surface area contributed by atoms with Crippen LogP contribution in [0.2, 0.25) is 0 Å². The number of nitrogens with zero attached hydrogens (tertiary/aromatic N) is 1. The van der Waals surface area contributed by atoms with Gasteiger partial charge in [0.05, 0.1) is 17.2 Å². The van der Waals surface area contributed by atoms with Crippen LogP contribution in [0.4, 0.5) is 11.4 Å². The molecule has 0 saturated carbocycles. The molecule has 6 nitrogen and oxygen atoms in total. The summed E-state index contributed by atoms with van der Waals surface area (Å²) < 4.78 is 0. The fourth-order valence-corrected chi connectivity index (χ4v) is 3.64. The number of amides is 3. The Morgan fingerprint density at radius 2 is 1.52 bits per heavy atom. The van der Waals surface area contributed by atoms with Crippen LogP contribution >= 0.6 is 0 Å². The molecule has 6 heteroatoms. The number of carbonyl (C=O) groups is 3. The van der Waals surface area contributed by atoms with E-state index in [2.05, 4.69) is 10.6 Å². The molecule has 0 aromatic heterocycles. The molecule has 156 valence electrons. The third kappa shape index (κ3) is 4.80. The zero-order valence-corrected chi connectivity index (χ0v) is 17.0. The standard InChI is InChI=1S/C25H23N3O3/c29-23-15-19(17-28(23)20-11-5-2-6-12-20)24(30)27-22-14-8-7-13-21(22)25(31)26-16-18-9-3-1-4-10-18/h1-14,19H,15-17H2,(H,26,31)(H,27,30). The molecule has 0 spiro atoms. The lowest BCUT2D eigenvalue weighted by Crippen LogP contribution is -2.29. The van der Waals surface area contributed by atoms with E-state index in [0.717, 1.165) is 11.3 Å². The maximum absolute atomic E-state index is 12.9. The smallest absolute Gasteiger partial charge is 0.253 e. The lowest BCUT2D eigenvalue weighted by Gasteiger charge is -2.17. The van der Waals surface area contributed by atoms with E-state index in [4.69, 9.17) is 0 Å². The molecule has 0 bridgehead atoms. The first kappa shape index (κ1) is 20.3. The summed E-state index contributed by atoms with van der Waals surface area (Å²) >= 11 is 0. The van der Waals surface area contributed by atoms with Crippen LogP contribution in [-0.4, -0.2) is 24.3 Å². The highest BCUT2D eigenvalue weighted by atomic mass is 16.2. The zero-order chi connectivity index (χ0) is 21.6. The topological polar surface area (TPSA) is 78.5 Å². The van der Waals surface area contributed by atoms with Crippen molar-refractivity contribution in [2.24, 2.45) is 5.92 Å². The first-order valence-corrected chi connectivity index (χ1v) is 10.2. The van der Waals surface area contributed by atoms with Crippen molar-refractivity contribution < 1.29 is 14.4 Å². The minimum atomic E-state index is -0.479. The number of hydrogen-bond acceptors (Lipinski definition) is 3. The molecular weight excluding hydrogens is 390 g/mol. The third-order valence-corrected chi connectivity index (χ3v) is 5.29. The average molecular weight is 413 g/mol. The number of hydrogen-bond donors (Lipinski definition) is 2. The second-order valence-electron chi connectivity index (χ2n) is 7.44. The number of nitrogens with one attached hydrogen (secondary N) is 2. The Bertz CT molecular complexity index is 1080. The van der Waals surface area contributed by atoms with E-state index < -0.39 is 5.92 Å². The number of carbonyl (C=O) groups excluding carboxylic acids is 3. The Balaban J connectivity index is 1.42. The third-order valence-electron chi connectivity index (χ3n) is 5.29. The fourth-order valence-electron chi connectivity index (χ4n) is 3.64. The molecule has 1 heterocycles. The Morgan fingerprint density at radius 3 is 2.26 bits per heavy atom. The quantitative estimate of drug-likeness (QED) is 0.648. The molecule has 1 aliphatic rings. The Kier molecular flexibility index (Phi) is 6.08. The van der Waals surface area contributed by atoms with Gasteiger partial charge in [-0.15, -0.1) is 0 Å². The molecule has 1 saturated heterocycles. The predicted molar refractivity (Wildman–Crippen MR) is 120 cm³/mol. The number of rotatable bonds is 6. The summed E-state index contributed by atoms with van der Waals surface area (Å²) in [7, 11) is 0. The first-order valence-electron chi connectivity index (χ1n) is 10.2. The highest BCUT2D eigenvalue weighted by Gasteiger charge is 2.35. The lowest BCUT2D eigenvalue weighted by molar-refractivity contribution is -0.122. The molecule has 2 N–H and O–H groups in total. The molecule has 3 amide bonds. The summed E-state index contributed by atoms with van der Waals surface area (Å²) in [6.07, 6.45) is 0.142. The van der Waals surface area contributed by atoms with Crippen LogP contribution in [0.25, 0.3) is 0 Å². The SMILES string of the molecule is O=C(NCc1ccccc1)c1ccccc1NC(=O)C1CC(=O)N(c2ccccc2)C1. The summed E-state index contributed by atoms with van der Waals surface area (Å²) in [6.45, 7) is 0.710. The normalized spacial score (nSPS) is 15.5. The number of benzene rings is 3. The fraction of sp³-hybridized carbons (Fsp3) is 0.160. The minimum absolute atomic E-state index is 0.0831. The summed E-state index contributed by atoms with van der Waals surface area (Å²) in [5.41, 5.74) is 2.59. The molecule has 1 unspecified atom stereocenters. The minimum Gasteiger partial charge on any atom is -0.348 e. The molecule has 0 radical (unpaired) electrons. The summed E-state index contributed by atoms with van der Waals surface area (Å²) in [5, 5.41) is 5.73. The lowest BCUT2D eigenvalue weighted by atomic mass is 10.1. The predicted octanol–water partition coefficient (Wildman–Crippen LogP) is 3.61. The Labute approximate surface area is 180 Å². The summed E-state index contributed by atoms with van der Waals surface area (Å²) in [6, 6.07) is 25.8. The van der Waals surface area contributed by atoms with Gasteiger partial charge in [0.2, 0.25) is 11.8 Å². The van der Waals surface area contributed by atoms with Crippen LogP contribution in [0.15, 0.2) is 84.9 Å². The van der Waals surface area contributed by atoms with Gasteiger partial charge in [-0.05, 0) is 29.8 Å². The van der Waals surface area contributed by atoms with Gasteiger partial charge in [0.1, 0.15) is 0 Å². The summed E-state index contributed by atoms with van der Waals surface area (Å²) in [4.78, 5) is 39.6. The highest BCUT2D eigenvalue weighted by Crippen LogP contribution is 2.26. The molecule has 3 aromatic carbocycles. The first-order chi connectivity index (χ1) is 15.1. The maximum Gasteiger partial charge on any atom is 0.253 e. The van der Waals surface area contributed by atoms with Gasteiger partial charge in [0.25, 0.3) is 5.91 Å². The zero-order valence-electron chi connectivity index (χ0n) is 17.0. The van der Waals surface area contributed by atoms with Gasteiger partial charge in [0, 0.05) is 25.2 Å². The van der Waals surface area contributed by atoms with Crippen LogP contribution < -0.4 is 15.5 Å². The van der Waals surface area contributed by atoms with E-state index in [-0.39, 0.29) is 24.1 Å². The molecule has 1 aliphatic heterocycles. The van der Waals surface area contributed by atoms with E-state index in [1.807, 2.05) is 60.7 Å². The molecular formula is C25H23N3O3. The van der Waals surface area contributed by atoms with Gasteiger partial charge in [-0.1, -0.05) is 60.7 Å². The Hall–Kier alpha value is -3.93. The van der Waals surface area contributed by atoms with Crippen LogP contribution in [0, 0.1) is 5.92 Å². The molecule has 31 heavy (non-hydrogen) atoms. The molecule has 3 aromatic rings. The van der Waals surface area contributed by atoms with E-state index in [1.54, 1.807) is 29.2 Å². The summed E-state index contributed by atoms with van der Waals surface area (Å²) in [5.74, 6) is -1.10. The molecule has 0 aliphatic carbocycles. The number of anilines is 2. The van der Waals surface area contributed by atoms with Gasteiger partial charge in [-0.2, -0.15) is 0 Å². The van der Waals surface area contributed by atoms with Crippen molar-refractivity contribution >= 4 is 29.1 Å². The van der Waals surface area contributed by atoms with Crippen molar-refractivity contribution in [3.63, 3.8) is 0 Å². The Morgan fingerprint density at radius 1 is 0.871 bits per heavy atom. The molecule has 4 rings (SSSR count). The van der Waals surface area contributed by atoms with Crippen LogP contribution in [-0.2, 0) is 16.1 Å². The highest BCUT2D eigenvalue weighted by molar-refractivity contribution is 6.07. The van der Waals surface area contributed by atoms with Crippen LogP contribution in [0.3, 0.4) is 0 Å². The van der Waals surface area contributed by atoms with Gasteiger partial charge < -0.3 is 15.5 Å². The van der Waals surface area contributed by atoms with Gasteiger partial charge in [0.15, 0.2) is 0 Å². The average Bonchev–Trinajstić information content (AvgIpc) is 3.21. The second kappa shape index (κ2) is 9.26. The van der Waals surface area contributed by atoms with Crippen molar-refractivity contribution in [2.75, 3.05) is 16.8 Å². The molecule has 1 atom stereocenters. The number of para-hydroxylation sites is 2. The van der Waals surface area contributed by atoms with Gasteiger partial charge in [-0.25, -0.2) is 0 Å². The molecule has 1 fully saturated rings. The van der Waals surface area contributed by atoms with Crippen LogP contribution in [0.5, 0.6) is 0 Å². The monoisotopic (exact) mass is 413 g/mol. The van der Waals surface area contributed by atoms with Crippen LogP contribution in [0.1, 0.15) is 22.3 Å².